The molecule has 0 aliphatic rings. The van der Waals surface area contributed by atoms with Crippen molar-refractivity contribution in [2.75, 3.05) is 7.11 Å². The molecule has 0 saturated heterocycles. The van der Waals surface area contributed by atoms with Crippen molar-refractivity contribution in [1.82, 2.24) is 10.7 Å². The first-order valence-electron chi connectivity index (χ1n) is 8.99. The summed E-state index contributed by atoms with van der Waals surface area (Å²) < 4.78 is 5.04. The molecule has 0 fully saturated rings. The summed E-state index contributed by atoms with van der Waals surface area (Å²) in [5.74, 6) is -1.06. The van der Waals surface area contributed by atoms with Gasteiger partial charge in [0.2, 0.25) is 0 Å². The summed E-state index contributed by atoms with van der Waals surface area (Å²) in [5, 5.41) is 18.8. The molecule has 0 radical (unpaired) electrons. The number of rotatable bonds is 7. The molecule has 1 aromatic heterocycles. The topological polar surface area (TPSA) is 100 Å². The van der Waals surface area contributed by atoms with Crippen LogP contribution in [-0.2, 0) is 4.79 Å². The monoisotopic (exact) mass is 455 g/mol. The minimum atomic E-state index is -0.637. The number of aromatic hydroxyl groups is 1. The van der Waals surface area contributed by atoms with Crippen LogP contribution in [0.15, 0.2) is 70.8 Å². The second kappa shape index (κ2) is 10.4. The Kier molecular flexibility index (Phi) is 7.42. The molecular weight excluding hydrogens is 438 g/mol. The number of methoxy groups -OCH3 is 1. The van der Waals surface area contributed by atoms with Gasteiger partial charge in [0.05, 0.1) is 13.3 Å². The number of nitrogens with zero attached hydrogens (tertiary/aromatic N) is 1. The van der Waals surface area contributed by atoms with Crippen LogP contribution in [0.3, 0.4) is 0 Å². The van der Waals surface area contributed by atoms with Gasteiger partial charge >= 0.3 is 0 Å². The Morgan fingerprint density at radius 2 is 1.94 bits per heavy atom. The minimum Gasteiger partial charge on any atom is -0.504 e. The average molecular weight is 456 g/mol. The van der Waals surface area contributed by atoms with Crippen LogP contribution in [0.25, 0.3) is 6.08 Å². The summed E-state index contributed by atoms with van der Waals surface area (Å²) in [7, 11) is 1.39. The maximum atomic E-state index is 12.7. The van der Waals surface area contributed by atoms with Crippen LogP contribution in [0, 0.1) is 0 Å². The van der Waals surface area contributed by atoms with Gasteiger partial charge in [-0.1, -0.05) is 35.9 Å². The highest BCUT2D eigenvalue weighted by Gasteiger charge is 2.15. The Labute approximate surface area is 187 Å². The predicted octanol–water partition coefficient (Wildman–Crippen LogP) is 4.04. The highest BCUT2D eigenvalue weighted by Crippen LogP contribution is 2.32. The van der Waals surface area contributed by atoms with Crippen molar-refractivity contribution in [3.05, 3.63) is 86.7 Å². The molecule has 1 heterocycles. The largest absolute Gasteiger partial charge is 0.504 e. The molecule has 0 atom stereocenters. The molecule has 2 aromatic carbocycles. The first-order valence-corrected chi connectivity index (χ1v) is 10.2. The molecule has 0 aliphatic carbocycles. The number of ether oxygens (including phenoxy) is 1. The minimum absolute atomic E-state index is 0.0151. The summed E-state index contributed by atoms with van der Waals surface area (Å²) in [6, 6.07) is 15.1. The zero-order chi connectivity index (χ0) is 22.2. The highest BCUT2D eigenvalue weighted by molar-refractivity contribution is 7.10. The number of hydrogen-bond donors (Lipinski definition) is 3. The molecule has 0 unspecified atom stereocenters. The van der Waals surface area contributed by atoms with Crippen LogP contribution >= 0.6 is 22.9 Å². The number of thiophene rings is 1. The zero-order valence-corrected chi connectivity index (χ0v) is 17.9. The van der Waals surface area contributed by atoms with E-state index in [0.717, 1.165) is 4.88 Å². The predicted molar refractivity (Wildman–Crippen MR) is 122 cm³/mol. The fourth-order valence-electron chi connectivity index (χ4n) is 2.53. The third-order valence-electron chi connectivity index (χ3n) is 4.02. The molecule has 3 N–H and O–H groups in total. The Hall–Kier alpha value is -3.62. The lowest BCUT2D eigenvalue weighted by Gasteiger charge is -2.09. The first-order chi connectivity index (χ1) is 15.0. The number of hydrogen-bond acceptors (Lipinski definition) is 6. The average Bonchev–Trinajstić information content (AvgIpc) is 3.29. The van der Waals surface area contributed by atoms with Gasteiger partial charge in [-0.3, -0.25) is 9.59 Å². The van der Waals surface area contributed by atoms with E-state index in [1.54, 1.807) is 36.4 Å². The number of carbonyl (C=O) groups is 2. The van der Waals surface area contributed by atoms with Crippen LogP contribution < -0.4 is 15.5 Å². The van der Waals surface area contributed by atoms with Gasteiger partial charge in [-0.05, 0) is 35.7 Å². The number of benzene rings is 2. The van der Waals surface area contributed by atoms with E-state index in [4.69, 9.17) is 16.3 Å². The lowest BCUT2D eigenvalue weighted by atomic mass is 10.2. The number of phenolic OH excluding ortho intramolecular Hbond substituents is 1. The second-order valence-corrected chi connectivity index (χ2v) is 7.55. The lowest BCUT2D eigenvalue weighted by Crippen LogP contribution is -2.32. The molecule has 0 saturated carbocycles. The fraction of sp³-hybridized carbons (Fsp3) is 0.0455. The lowest BCUT2D eigenvalue weighted by molar-refractivity contribution is -0.117. The second-order valence-electron chi connectivity index (χ2n) is 6.14. The SMILES string of the molecule is COc1cc(Cl)cc(C=NNC(=O)C(=Cc2cccs2)NC(=O)c2ccccc2)c1O. The number of amides is 2. The van der Waals surface area contributed by atoms with Crippen molar-refractivity contribution < 1.29 is 19.4 Å². The van der Waals surface area contributed by atoms with Gasteiger partial charge in [0.15, 0.2) is 11.5 Å². The molecule has 158 valence electrons. The van der Waals surface area contributed by atoms with Gasteiger partial charge in [-0.2, -0.15) is 5.10 Å². The van der Waals surface area contributed by atoms with Crippen LogP contribution in [0.1, 0.15) is 20.8 Å². The molecular formula is C22H18ClN3O4S. The smallest absolute Gasteiger partial charge is 0.287 e. The van der Waals surface area contributed by atoms with E-state index in [9.17, 15) is 14.7 Å². The maximum absolute atomic E-state index is 12.7. The Balaban J connectivity index is 1.79. The van der Waals surface area contributed by atoms with Crippen molar-refractivity contribution >= 4 is 47.0 Å². The van der Waals surface area contributed by atoms with E-state index in [1.165, 1.54) is 36.8 Å². The molecule has 7 nitrogen and oxygen atoms in total. The number of nitrogens with one attached hydrogen (secondary N) is 2. The molecule has 0 spiro atoms. The van der Waals surface area contributed by atoms with Gasteiger partial charge in [-0.15, -0.1) is 11.3 Å². The van der Waals surface area contributed by atoms with E-state index in [0.29, 0.717) is 10.6 Å². The van der Waals surface area contributed by atoms with Gasteiger partial charge in [0.1, 0.15) is 5.70 Å². The van der Waals surface area contributed by atoms with Crippen molar-refractivity contribution in [2.24, 2.45) is 5.10 Å². The summed E-state index contributed by atoms with van der Waals surface area (Å²) >= 11 is 7.40. The molecule has 3 rings (SSSR count). The molecule has 3 aromatic rings. The molecule has 31 heavy (non-hydrogen) atoms. The number of phenols is 1. The van der Waals surface area contributed by atoms with Crippen molar-refractivity contribution in [3.63, 3.8) is 0 Å². The third kappa shape index (κ3) is 5.94. The normalized spacial score (nSPS) is 11.4. The number of hydrazone groups is 1. The van der Waals surface area contributed by atoms with Gasteiger partial charge in [0, 0.05) is 27.1 Å². The Bertz CT molecular complexity index is 1130. The summed E-state index contributed by atoms with van der Waals surface area (Å²) in [5.41, 5.74) is 3.02. The van der Waals surface area contributed by atoms with E-state index >= 15 is 0 Å². The summed E-state index contributed by atoms with van der Waals surface area (Å²) in [6.07, 6.45) is 2.78. The van der Waals surface area contributed by atoms with E-state index in [1.807, 2.05) is 17.5 Å². The highest BCUT2D eigenvalue weighted by atomic mass is 35.5. The van der Waals surface area contributed by atoms with Crippen LogP contribution in [0.5, 0.6) is 11.5 Å². The van der Waals surface area contributed by atoms with Crippen molar-refractivity contribution in [1.29, 1.82) is 0 Å². The zero-order valence-electron chi connectivity index (χ0n) is 16.3. The number of halogens is 1. The van der Waals surface area contributed by atoms with E-state index in [2.05, 4.69) is 15.8 Å². The third-order valence-corrected chi connectivity index (χ3v) is 5.05. The van der Waals surface area contributed by atoms with Crippen LogP contribution in [0.4, 0.5) is 0 Å². The van der Waals surface area contributed by atoms with Gasteiger partial charge in [-0.25, -0.2) is 5.43 Å². The van der Waals surface area contributed by atoms with Crippen molar-refractivity contribution in [2.45, 2.75) is 0 Å². The van der Waals surface area contributed by atoms with Gasteiger partial charge < -0.3 is 15.2 Å². The molecule has 2 amide bonds. The Morgan fingerprint density at radius 3 is 2.61 bits per heavy atom. The molecule has 9 heteroatoms. The van der Waals surface area contributed by atoms with Crippen molar-refractivity contribution in [3.8, 4) is 11.5 Å². The maximum Gasteiger partial charge on any atom is 0.287 e. The summed E-state index contributed by atoms with van der Waals surface area (Å²) in [4.78, 5) is 26.0. The van der Waals surface area contributed by atoms with Crippen LogP contribution in [0.2, 0.25) is 5.02 Å². The van der Waals surface area contributed by atoms with E-state index < -0.39 is 11.8 Å². The van der Waals surface area contributed by atoms with E-state index in [-0.39, 0.29) is 22.8 Å². The fourth-order valence-corrected chi connectivity index (χ4v) is 3.40. The first kappa shape index (κ1) is 22.1. The standard InChI is InChI=1S/C22H18ClN3O4S/c1-30-19-11-16(23)10-15(20(19)27)13-24-26-22(29)18(12-17-8-5-9-31-17)25-21(28)14-6-3-2-4-7-14/h2-13,27H,1H3,(H,25,28)(H,26,29). The Morgan fingerprint density at radius 1 is 1.16 bits per heavy atom. The summed E-state index contributed by atoms with van der Waals surface area (Å²) in [6.45, 7) is 0. The van der Waals surface area contributed by atoms with Crippen LogP contribution in [-0.4, -0.2) is 30.2 Å². The quantitative estimate of drug-likeness (QED) is 0.284. The number of carbonyl (C=O) groups excluding carboxylic acids is 2. The molecule has 0 bridgehead atoms. The molecule has 0 aliphatic heterocycles. The van der Waals surface area contributed by atoms with Gasteiger partial charge in [0.25, 0.3) is 11.8 Å².